The van der Waals surface area contributed by atoms with Crippen molar-refractivity contribution >= 4 is 39.9 Å². The van der Waals surface area contributed by atoms with Gasteiger partial charge in [-0.05, 0) is 47.7 Å². The van der Waals surface area contributed by atoms with E-state index < -0.39 is 0 Å². The molecule has 0 unspecified atom stereocenters. The van der Waals surface area contributed by atoms with E-state index in [1.165, 1.54) is 12.1 Å². The van der Waals surface area contributed by atoms with Crippen LogP contribution in [0.5, 0.6) is 0 Å². The van der Waals surface area contributed by atoms with Crippen LogP contribution in [0.3, 0.4) is 0 Å². The number of nitrogens with one attached hydrogen (secondary N) is 2. The van der Waals surface area contributed by atoms with Gasteiger partial charge in [-0.15, -0.1) is 0 Å². The van der Waals surface area contributed by atoms with Crippen molar-refractivity contribution in [2.45, 2.75) is 13.5 Å². The van der Waals surface area contributed by atoms with Gasteiger partial charge in [0.1, 0.15) is 24.1 Å². The van der Waals surface area contributed by atoms with Crippen molar-refractivity contribution in [1.82, 2.24) is 9.97 Å². The molecule has 2 rings (SSSR count). The normalized spacial score (nSPS) is 10.5. The first kappa shape index (κ1) is 15.9. The molecule has 1 heterocycles. The largest absolute Gasteiger partial charge is 0.377 e. The van der Waals surface area contributed by atoms with Crippen LogP contribution in [0.2, 0.25) is 0 Å². The van der Waals surface area contributed by atoms with Crippen LogP contribution in [0.15, 0.2) is 24.3 Å². The van der Waals surface area contributed by atoms with Crippen molar-refractivity contribution in [2.24, 2.45) is 0 Å². The van der Waals surface area contributed by atoms with Crippen LogP contribution >= 0.6 is 22.6 Å². The highest BCUT2D eigenvalue weighted by Crippen LogP contribution is 2.23. The fraction of sp³-hybridized carbons (Fsp3) is 0.286. The summed E-state index contributed by atoms with van der Waals surface area (Å²) < 4.78 is 19.0. The zero-order valence-corrected chi connectivity index (χ0v) is 13.9. The predicted molar refractivity (Wildman–Crippen MR) is 89.3 cm³/mol. The quantitative estimate of drug-likeness (QED) is 0.724. The summed E-state index contributed by atoms with van der Waals surface area (Å²) in [5.41, 5.74) is 0.793. The number of benzene rings is 1. The van der Waals surface area contributed by atoms with Gasteiger partial charge in [-0.1, -0.05) is 0 Å². The van der Waals surface area contributed by atoms with Gasteiger partial charge in [0.2, 0.25) is 0 Å². The van der Waals surface area contributed by atoms with E-state index in [-0.39, 0.29) is 5.82 Å². The van der Waals surface area contributed by atoms with E-state index in [0.717, 1.165) is 21.6 Å². The SMILES string of the molecule is CCNc1cc(Nc2ccc(F)cc2I)nc(COC)n1. The molecule has 2 aromatic rings. The number of anilines is 3. The fourth-order valence-corrected chi connectivity index (χ4v) is 2.37. The van der Waals surface area contributed by atoms with Gasteiger partial charge in [-0.2, -0.15) is 0 Å². The van der Waals surface area contributed by atoms with E-state index >= 15 is 0 Å². The van der Waals surface area contributed by atoms with Gasteiger partial charge in [0, 0.05) is 23.3 Å². The van der Waals surface area contributed by atoms with Crippen LogP contribution < -0.4 is 10.6 Å². The summed E-state index contributed by atoms with van der Waals surface area (Å²) in [5, 5.41) is 6.32. The minimum absolute atomic E-state index is 0.263. The molecule has 0 aliphatic carbocycles. The lowest BCUT2D eigenvalue weighted by molar-refractivity contribution is 0.178. The van der Waals surface area contributed by atoms with E-state index in [0.29, 0.717) is 18.2 Å². The lowest BCUT2D eigenvalue weighted by Crippen LogP contribution is -2.07. The minimum Gasteiger partial charge on any atom is -0.377 e. The smallest absolute Gasteiger partial charge is 0.158 e. The Hall–Kier alpha value is -1.48. The molecule has 1 aromatic heterocycles. The van der Waals surface area contributed by atoms with Crippen LogP contribution in [0, 0.1) is 9.39 Å². The molecule has 0 spiro atoms. The molecule has 1 aromatic carbocycles. The van der Waals surface area contributed by atoms with Crippen LogP contribution in [0.1, 0.15) is 12.7 Å². The zero-order chi connectivity index (χ0) is 15.2. The van der Waals surface area contributed by atoms with E-state index in [9.17, 15) is 4.39 Å². The Labute approximate surface area is 136 Å². The number of methoxy groups -OCH3 is 1. The Morgan fingerprint density at radius 1 is 1.24 bits per heavy atom. The third-order valence-electron chi connectivity index (χ3n) is 2.60. The van der Waals surface area contributed by atoms with Gasteiger partial charge in [0.15, 0.2) is 5.82 Å². The molecule has 5 nitrogen and oxygen atoms in total. The van der Waals surface area contributed by atoms with Gasteiger partial charge in [0.05, 0.1) is 5.69 Å². The maximum atomic E-state index is 13.1. The van der Waals surface area contributed by atoms with Crippen LogP contribution in [-0.4, -0.2) is 23.6 Å². The summed E-state index contributed by atoms with van der Waals surface area (Å²) in [5.74, 6) is 1.67. The second-order valence-electron chi connectivity index (χ2n) is 4.27. The van der Waals surface area contributed by atoms with Crippen molar-refractivity contribution in [1.29, 1.82) is 0 Å². The van der Waals surface area contributed by atoms with Crippen molar-refractivity contribution < 1.29 is 9.13 Å². The van der Waals surface area contributed by atoms with Crippen molar-refractivity contribution in [3.05, 3.63) is 39.5 Å². The number of halogens is 2. The summed E-state index contributed by atoms with van der Waals surface area (Å²) >= 11 is 2.08. The number of hydrogen-bond acceptors (Lipinski definition) is 5. The first-order valence-corrected chi connectivity index (χ1v) is 7.53. The van der Waals surface area contributed by atoms with Crippen LogP contribution in [-0.2, 0) is 11.3 Å². The maximum absolute atomic E-state index is 13.1. The molecule has 2 N–H and O–H groups in total. The summed E-state index contributed by atoms with van der Waals surface area (Å²) in [6, 6.07) is 6.36. The summed E-state index contributed by atoms with van der Waals surface area (Å²) in [7, 11) is 1.60. The maximum Gasteiger partial charge on any atom is 0.158 e. The highest BCUT2D eigenvalue weighted by atomic mass is 127. The first-order valence-electron chi connectivity index (χ1n) is 6.45. The third kappa shape index (κ3) is 4.50. The Balaban J connectivity index is 2.29. The monoisotopic (exact) mass is 402 g/mol. The zero-order valence-electron chi connectivity index (χ0n) is 11.8. The molecule has 0 saturated heterocycles. The van der Waals surface area contributed by atoms with E-state index in [1.54, 1.807) is 13.2 Å². The molecule has 0 amide bonds. The lowest BCUT2D eigenvalue weighted by atomic mass is 10.3. The topological polar surface area (TPSA) is 59.1 Å². The minimum atomic E-state index is -0.263. The molecule has 0 atom stereocenters. The average Bonchev–Trinajstić information content (AvgIpc) is 2.42. The Morgan fingerprint density at radius 3 is 2.67 bits per heavy atom. The first-order chi connectivity index (χ1) is 10.1. The molecule has 0 bridgehead atoms. The second-order valence-corrected chi connectivity index (χ2v) is 5.43. The van der Waals surface area contributed by atoms with Gasteiger partial charge >= 0.3 is 0 Å². The van der Waals surface area contributed by atoms with E-state index in [4.69, 9.17) is 4.74 Å². The molecular formula is C14H16FIN4O. The van der Waals surface area contributed by atoms with Gasteiger partial charge in [-0.25, -0.2) is 14.4 Å². The summed E-state index contributed by atoms with van der Waals surface area (Å²) in [4.78, 5) is 8.72. The van der Waals surface area contributed by atoms with Gasteiger partial charge in [-0.3, -0.25) is 0 Å². The summed E-state index contributed by atoms with van der Waals surface area (Å²) in [6.45, 7) is 3.08. The molecule has 0 fully saturated rings. The molecule has 112 valence electrons. The number of ether oxygens (including phenoxy) is 1. The molecule has 0 aliphatic rings. The van der Waals surface area contributed by atoms with E-state index in [1.807, 2.05) is 13.0 Å². The molecule has 7 heteroatoms. The number of nitrogens with zero attached hydrogens (tertiary/aromatic N) is 2. The number of aromatic nitrogens is 2. The Kier molecular flexibility index (Phi) is 5.68. The summed E-state index contributed by atoms with van der Waals surface area (Å²) in [6.07, 6.45) is 0. The molecule has 0 aliphatic heterocycles. The van der Waals surface area contributed by atoms with Gasteiger partial charge < -0.3 is 15.4 Å². The van der Waals surface area contributed by atoms with Gasteiger partial charge in [0.25, 0.3) is 0 Å². The lowest BCUT2D eigenvalue weighted by Gasteiger charge is -2.11. The average molecular weight is 402 g/mol. The van der Waals surface area contributed by atoms with Crippen LogP contribution in [0.25, 0.3) is 0 Å². The van der Waals surface area contributed by atoms with Crippen molar-refractivity contribution in [2.75, 3.05) is 24.3 Å². The van der Waals surface area contributed by atoms with E-state index in [2.05, 4.69) is 43.2 Å². The molecular weight excluding hydrogens is 386 g/mol. The molecule has 0 radical (unpaired) electrons. The number of hydrogen-bond donors (Lipinski definition) is 2. The second kappa shape index (κ2) is 7.51. The Morgan fingerprint density at radius 2 is 2.00 bits per heavy atom. The highest BCUT2D eigenvalue weighted by molar-refractivity contribution is 14.1. The number of rotatable bonds is 6. The molecule has 21 heavy (non-hydrogen) atoms. The van der Waals surface area contributed by atoms with Crippen LogP contribution in [0.4, 0.5) is 21.7 Å². The fourth-order valence-electron chi connectivity index (χ4n) is 1.76. The highest BCUT2D eigenvalue weighted by Gasteiger charge is 2.07. The molecule has 0 saturated carbocycles. The Bertz CT molecular complexity index is 600. The van der Waals surface area contributed by atoms with Crippen molar-refractivity contribution in [3.8, 4) is 0 Å². The predicted octanol–water partition coefficient (Wildman–Crippen LogP) is 3.54. The standard InChI is InChI=1S/C14H16FIN4O/c1-3-17-12-7-13(20-14(19-12)8-21-2)18-11-5-4-9(15)6-10(11)16/h4-7H,3,8H2,1-2H3,(H2,17,18,19,20). The van der Waals surface area contributed by atoms with Crippen molar-refractivity contribution in [3.63, 3.8) is 0 Å². The third-order valence-corrected chi connectivity index (χ3v) is 3.49.